The summed E-state index contributed by atoms with van der Waals surface area (Å²) in [5, 5.41) is 0.263. The van der Waals surface area contributed by atoms with E-state index in [4.69, 9.17) is 5.73 Å². The van der Waals surface area contributed by atoms with Crippen molar-refractivity contribution in [1.29, 1.82) is 0 Å². The van der Waals surface area contributed by atoms with Crippen molar-refractivity contribution >= 4 is 21.2 Å². The largest absolute Gasteiger partial charge is 0.323 e. The van der Waals surface area contributed by atoms with Crippen LogP contribution in [0.2, 0.25) is 0 Å². The van der Waals surface area contributed by atoms with Gasteiger partial charge in [0.05, 0.1) is 10.9 Å². The molecule has 1 heterocycles. The van der Waals surface area contributed by atoms with Crippen molar-refractivity contribution in [3.05, 3.63) is 15.6 Å². The van der Waals surface area contributed by atoms with Gasteiger partial charge in [-0.05, 0) is 20.8 Å². The molecule has 0 bridgehead atoms. The second kappa shape index (κ2) is 5.50. The second-order valence-electron chi connectivity index (χ2n) is 6.22. The normalized spacial score (nSPS) is 14.9. The number of thiazole rings is 1. The SMILES string of the molecule is CC(N)c1sc(CS(=O)(=O)C(C)C)nc1C(C)(C)C. The average Bonchev–Trinajstić information content (AvgIpc) is 2.60. The van der Waals surface area contributed by atoms with Gasteiger partial charge < -0.3 is 5.73 Å². The molecule has 0 spiro atoms. The second-order valence-corrected chi connectivity index (χ2v) is 9.89. The minimum atomic E-state index is -3.12. The van der Waals surface area contributed by atoms with Crippen LogP contribution in [-0.4, -0.2) is 18.7 Å². The molecular formula is C13H24N2O2S2. The van der Waals surface area contributed by atoms with E-state index in [0.29, 0.717) is 5.01 Å². The smallest absolute Gasteiger partial charge is 0.159 e. The maximum Gasteiger partial charge on any atom is 0.159 e. The van der Waals surface area contributed by atoms with Crippen LogP contribution in [0.3, 0.4) is 0 Å². The Morgan fingerprint density at radius 3 is 2.11 bits per heavy atom. The van der Waals surface area contributed by atoms with Crippen LogP contribution >= 0.6 is 11.3 Å². The van der Waals surface area contributed by atoms with Gasteiger partial charge in [-0.25, -0.2) is 13.4 Å². The third-order valence-corrected chi connectivity index (χ3v) is 6.42. The van der Waals surface area contributed by atoms with Crippen LogP contribution in [0.15, 0.2) is 0 Å². The van der Waals surface area contributed by atoms with Gasteiger partial charge in [-0.1, -0.05) is 20.8 Å². The molecule has 0 saturated heterocycles. The Kier molecular flexibility index (Phi) is 4.80. The lowest BCUT2D eigenvalue weighted by Crippen LogP contribution is -2.18. The summed E-state index contributed by atoms with van der Waals surface area (Å²) in [7, 11) is -3.12. The van der Waals surface area contributed by atoms with Crippen LogP contribution < -0.4 is 5.73 Å². The van der Waals surface area contributed by atoms with Crippen molar-refractivity contribution < 1.29 is 8.42 Å². The molecule has 1 rings (SSSR count). The highest BCUT2D eigenvalue weighted by Gasteiger charge is 2.27. The van der Waals surface area contributed by atoms with E-state index in [1.54, 1.807) is 13.8 Å². The summed E-state index contributed by atoms with van der Waals surface area (Å²) in [5.74, 6) is 0.00509. The minimum Gasteiger partial charge on any atom is -0.323 e. The summed E-state index contributed by atoms with van der Waals surface area (Å²) in [4.78, 5) is 5.52. The van der Waals surface area contributed by atoms with Crippen molar-refractivity contribution in [2.45, 2.75) is 64.0 Å². The van der Waals surface area contributed by atoms with E-state index in [0.717, 1.165) is 10.6 Å². The lowest BCUT2D eigenvalue weighted by Gasteiger charge is -2.18. The lowest BCUT2D eigenvalue weighted by atomic mass is 9.90. The third-order valence-electron chi connectivity index (χ3n) is 2.86. The Balaban J connectivity index is 3.20. The Morgan fingerprint density at radius 2 is 1.79 bits per heavy atom. The number of nitrogens with two attached hydrogens (primary N) is 1. The molecular weight excluding hydrogens is 280 g/mol. The molecule has 2 N–H and O–H groups in total. The predicted octanol–water partition coefficient (Wildman–Crippen LogP) is 2.78. The first-order valence-corrected chi connectivity index (χ1v) is 8.95. The zero-order valence-corrected chi connectivity index (χ0v) is 14.2. The van der Waals surface area contributed by atoms with E-state index in [2.05, 4.69) is 25.8 Å². The maximum atomic E-state index is 12.0. The maximum absolute atomic E-state index is 12.0. The molecule has 1 aromatic heterocycles. The molecule has 0 aromatic carbocycles. The molecule has 6 heteroatoms. The van der Waals surface area contributed by atoms with Crippen LogP contribution in [0, 0.1) is 0 Å². The van der Waals surface area contributed by atoms with Crippen LogP contribution in [0.25, 0.3) is 0 Å². The Morgan fingerprint density at radius 1 is 1.26 bits per heavy atom. The topological polar surface area (TPSA) is 73.1 Å². The fourth-order valence-electron chi connectivity index (χ4n) is 1.62. The van der Waals surface area contributed by atoms with E-state index in [1.807, 2.05) is 6.92 Å². The van der Waals surface area contributed by atoms with E-state index >= 15 is 0 Å². The van der Waals surface area contributed by atoms with E-state index in [-0.39, 0.29) is 22.5 Å². The fourth-order valence-corrected chi connectivity index (χ4v) is 4.12. The van der Waals surface area contributed by atoms with Gasteiger partial charge in [0, 0.05) is 16.3 Å². The van der Waals surface area contributed by atoms with Gasteiger partial charge in [0.25, 0.3) is 0 Å². The first kappa shape index (κ1) is 16.6. The van der Waals surface area contributed by atoms with Crippen molar-refractivity contribution in [3.63, 3.8) is 0 Å². The van der Waals surface area contributed by atoms with Gasteiger partial charge in [-0.15, -0.1) is 11.3 Å². The molecule has 0 radical (unpaired) electrons. The van der Waals surface area contributed by atoms with Gasteiger partial charge in [0.15, 0.2) is 9.84 Å². The summed E-state index contributed by atoms with van der Waals surface area (Å²) >= 11 is 1.42. The molecule has 0 saturated carbocycles. The van der Waals surface area contributed by atoms with Gasteiger partial charge in [0.1, 0.15) is 10.8 Å². The molecule has 110 valence electrons. The standard InChI is InChI=1S/C13H24N2O2S2/c1-8(2)19(16,17)7-10-15-12(13(4,5)6)11(18-10)9(3)14/h8-9H,7,14H2,1-6H3. The quantitative estimate of drug-likeness (QED) is 0.928. The number of nitrogens with zero attached hydrogens (tertiary/aromatic N) is 1. The van der Waals surface area contributed by atoms with Gasteiger partial charge >= 0.3 is 0 Å². The summed E-state index contributed by atoms with van der Waals surface area (Å²) in [6.07, 6.45) is 0. The molecule has 4 nitrogen and oxygen atoms in total. The van der Waals surface area contributed by atoms with E-state index < -0.39 is 9.84 Å². The van der Waals surface area contributed by atoms with Crippen LogP contribution in [0.4, 0.5) is 0 Å². The number of rotatable bonds is 4. The summed E-state index contributed by atoms with van der Waals surface area (Å²) in [5.41, 5.74) is 6.76. The molecule has 0 amide bonds. The Bertz CT molecular complexity index is 537. The lowest BCUT2D eigenvalue weighted by molar-refractivity contribution is 0.558. The Hall–Kier alpha value is -0.460. The Labute approximate surface area is 120 Å². The zero-order valence-electron chi connectivity index (χ0n) is 12.5. The summed E-state index contributed by atoms with van der Waals surface area (Å²) in [6.45, 7) is 11.5. The fraction of sp³-hybridized carbons (Fsp3) is 0.769. The number of aromatic nitrogens is 1. The third kappa shape index (κ3) is 4.00. The van der Waals surface area contributed by atoms with Crippen LogP contribution in [0.5, 0.6) is 0 Å². The van der Waals surface area contributed by atoms with Gasteiger partial charge in [-0.3, -0.25) is 0 Å². The van der Waals surface area contributed by atoms with Gasteiger partial charge in [-0.2, -0.15) is 0 Å². The number of hydrogen-bond donors (Lipinski definition) is 1. The van der Waals surface area contributed by atoms with Gasteiger partial charge in [0.2, 0.25) is 0 Å². The zero-order chi connectivity index (χ0) is 15.0. The van der Waals surface area contributed by atoms with Crippen LogP contribution in [0.1, 0.15) is 63.2 Å². The van der Waals surface area contributed by atoms with E-state index in [9.17, 15) is 8.42 Å². The highest BCUT2D eigenvalue weighted by Crippen LogP contribution is 2.33. The average molecular weight is 304 g/mol. The molecule has 0 aliphatic rings. The van der Waals surface area contributed by atoms with Crippen molar-refractivity contribution in [2.75, 3.05) is 0 Å². The monoisotopic (exact) mass is 304 g/mol. The van der Waals surface area contributed by atoms with E-state index in [1.165, 1.54) is 11.3 Å². The van der Waals surface area contributed by atoms with Crippen molar-refractivity contribution in [3.8, 4) is 0 Å². The predicted molar refractivity (Wildman–Crippen MR) is 81.2 cm³/mol. The first-order valence-electron chi connectivity index (χ1n) is 6.42. The summed E-state index contributed by atoms with van der Waals surface area (Å²) < 4.78 is 24.0. The van der Waals surface area contributed by atoms with Crippen LogP contribution in [-0.2, 0) is 21.0 Å². The highest BCUT2D eigenvalue weighted by molar-refractivity contribution is 7.91. The molecule has 0 fully saturated rings. The minimum absolute atomic E-state index is 0.00509. The molecule has 1 unspecified atom stereocenters. The molecule has 0 aliphatic heterocycles. The number of sulfone groups is 1. The molecule has 19 heavy (non-hydrogen) atoms. The molecule has 1 atom stereocenters. The first-order chi connectivity index (χ1) is 8.45. The number of hydrogen-bond acceptors (Lipinski definition) is 5. The highest BCUT2D eigenvalue weighted by atomic mass is 32.2. The molecule has 1 aromatic rings. The van der Waals surface area contributed by atoms with Crippen molar-refractivity contribution in [2.24, 2.45) is 5.73 Å². The molecule has 0 aliphatic carbocycles. The summed E-state index contributed by atoms with van der Waals surface area (Å²) in [6, 6.07) is -0.123. The van der Waals surface area contributed by atoms with Crippen molar-refractivity contribution in [1.82, 2.24) is 4.98 Å².